The molecule has 31 heavy (non-hydrogen) atoms. The second-order valence-corrected chi connectivity index (χ2v) is 8.06. The average molecular weight is 420 g/mol. The van der Waals surface area contributed by atoms with Crippen LogP contribution >= 0.6 is 0 Å². The van der Waals surface area contributed by atoms with Crippen molar-refractivity contribution in [3.63, 3.8) is 0 Å². The monoisotopic (exact) mass is 420 g/mol. The van der Waals surface area contributed by atoms with E-state index in [4.69, 9.17) is 16.3 Å². The fraction of sp³-hybridized carbons (Fsp3) is 0.320. The summed E-state index contributed by atoms with van der Waals surface area (Å²) in [4.78, 5) is 16.8. The van der Waals surface area contributed by atoms with Crippen molar-refractivity contribution < 1.29 is 19.0 Å². The number of rotatable bonds is 5. The molecule has 2 N–H and O–H groups in total. The van der Waals surface area contributed by atoms with Crippen molar-refractivity contribution in [1.29, 1.82) is 0 Å². The second-order valence-electron chi connectivity index (χ2n) is 8.06. The van der Waals surface area contributed by atoms with Gasteiger partial charge in [0.1, 0.15) is 11.6 Å². The first-order chi connectivity index (χ1) is 14.9. The maximum atomic E-state index is 14.5. The molecule has 0 saturated carbocycles. The summed E-state index contributed by atoms with van der Waals surface area (Å²) in [6.45, 7) is 3.41. The molecule has 0 amide bonds. The van der Waals surface area contributed by atoms with Gasteiger partial charge in [-0.3, -0.25) is 4.90 Å². The van der Waals surface area contributed by atoms with E-state index in [1.54, 1.807) is 13.2 Å². The molecule has 0 spiro atoms. The lowest BCUT2D eigenvalue weighted by molar-refractivity contribution is 0.0691. The number of carbonyl (C=O) groups is 1. The molecular weight excluding hydrogens is 395 g/mol. The van der Waals surface area contributed by atoms with E-state index in [9.17, 15) is 9.18 Å². The number of benzene rings is 2. The molecule has 160 valence electrons. The Bertz CT molecular complexity index is 1180. The molecule has 0 radical (unpaired) electrons. The van der Waals surface area contributed by atoms with E-state index < -0.39 is 11.8 Å². The largest absolute Gasteiger partial charge is 0.496 e. The fourth-order valence-corrected chi connectivity index (χ4v) is 4.60. The molecule has 1 unspecified atom stereocenters. The van der Waals surface area contributed by atoms with Gasteiger partial charge >= 0.3 is 5.97 Å². The Hall–Kier alpha value is -3.30. The van der Waals surface area contributed by atoms with Crippen LogP contribution in [0.4, 0.5) is 4.39 Å². The fourth-order valence-electron chi connectivity index (χ4n) is 4.60. The number of likely N-dealkylation sites (tertiary alicyclic amines) is 1. The quantitative estimate of drug-likeness (QED) is 0.576. The van der Waals surface area contributed by atoms with Gasteiger partial charge in [0.25, 0.3) is 0 Å². The first-order valence-electron chi connectivity index (χ1n) is 10.3. The number of hydrogen-bond donors (Lipinski definition) is 2. The molecule has 1 aromatic heterocycles. The van der Waals surface area contributed by atoms with Crippen molar-refractivity contribution in [2.75, 3.05) is 13.7 Å². The first-order valence-corrected chi connectivity index (χ1v) is 10.3. The summed E-state index contributed by atoms with van der Waals surface area (Å²) < 4.78 is 20.1. The Labute approximate surface area is 180 Å². The summed E-state index contributed by atoms with van der Waals surface area (Å²) in [6.07, 6.45) is 9.17. The van der Waals surface area contributed by atoms with Gasteiger partial charge < -0.3 is 14.8 Å². The number of terminal acetylenes is 1. The number of methoxy groups -OCH3 is 1. The molecule has 2 aromatic carbocycles. The lowest BCUT2D eigenvalue weighted by Gasteiger charge is -2.39. The zero-order valence-electron chi connectivity index (χ0n) is 17.6. The molecule has 6 heteroatoms. The topological polar surface area (TPSA) is 65.6 Å². The predicted octanol–water partition coefficient (Wildman–Crippen LogP) is 4.91. The number of hydrogen-bond acceptors (Lipinski definition) is 3. The smallest absolute Gasteiger partial charge is 0.338 e. The van der Waals surface area contributed by atoms with Crippen molar-refractivity contribution in [3.05, 3.63) is 64.6 Å². The Kier molecular flexibility index (Phi) is 5.71. The third-order valence-electron chi connectivity index (χ3n) is 6.25. The van der Waals surface area contributed by atoms with E-state index >= 15 is 0 Å². The highest BCUT2D eigenvalue weighted by Gasteiger charge is 2.31. The number of carboxylic acids is 1. The summed E-state index contributed by atoms with van der Waals surface area (Å²) in [5.74, 6) is 1.75. The minimum Gasteiger partial charge on any atom is -0.496 e. The van der Waals surface area contributed by atoms with Crippen molar-refractivity contribution in [2.24, 2.45) is 5.92 Å². The van der Waals surface area contributed by atoms with Crippen LogP contribution in [0, 0.1) is 31.0 Å². The maximum absolute atomic E-state index is 14.5. The SMILES string of the molecule is C#CC1CCN(Cc2c(OC)cc(C)c3[nH]ccc23)[C@H](c2ccc(C(=O)O)c(F)c2)C1. The molecule has 5 nitrogen and oxygen atoms in total. The van der Waals surface area contributed by atoms with Gasteiger partial charge in [-0.25, -0.2) is 9.18 Å². The number of aryl methyl sites for hydroxylation is 1. The zero-order chi connectivity index (χ0) is 22.1. The van der Waals surface area contributed by atoms with E-state index in [-0.39, 0.29) is 17.5 Å². The Morgan fingerprint density at radius 3 is 2.87 bits per heavy atom. The van der Waals surface area contributed by atoms with Gasteiger partial charge in [0.2, 0.25) is 0 Å². The van der Waals surface area contributed by atoms with E-state index in [1.807, 2.05) is 25.3 Å². The number of fused-ring (bicyclic) bond motifs is 1. The molecule has 4 rings (SSSR count). The highest BCUT2D eigenvalue weighted by Crippen LogP contribution is 2.39. The highest BCUT2D eigenvalue weighted by atomic mass is 19.1. The Morgan fingerprint density at radius 2 is 2.19 bits per heavy atom. The van der Waals surface area contributed by atoms with Crippen LogP contribution in [-0.2, 0) is 6.54 Å². The van der Waals surface area contributed by atoms with Crippen LogP contribution < -0.4 is 4.74 Å². The summed E-state index contributed by atoms with van der Waals surface area (Å²) in [6, 6.07) is 8.32. The molecule has 0 bridgehead atoms. The maximum Gasteiger partial charge on any atom is 0.338 e. The van der Waals surface area contributed by atoms with Crippen LogP contribution in [0.1, 0.15) is 45.9 Å². The minimum atomic E-state index is -1.27. The second kappa shape index (κ2) is 8.44. The molecule has 2 heterocycles. The number of piperidine rings is 1. The standard InChI is InChI=1S/C25H25FN2O3/c1-4-16-8-10-28(22(12-16)17-5-6-19(25(29)30)21(26)13-17)14-20-18-7-9-27-24(18)15(2)11-23(20)31-3/h1,5-7,9,11,13,16,22,27H,8,10,12,14H2,2-3H3,(H,29,30)/t16?,22-/m0/s1. The third kappa shape index (κ3) is 3.89. The molecule has 1 fully saturated rings. The van der Waals surface area contributed by atoms with Gasteiger partial charge in [-0.1, -0.05) is 6.07 Å². The van der Waals surface area contributed by atoms with Gasteiger partial charge in [0, 0.05) is 47.7 Å². The van der Waals surface area contributed by atoms with Crippen molar-refractivity contribution in [2.45, 2.75) is 32.4 Å². The van der Waals surface area contributed by atoms with E-state index in [1.165, 1.54) is 12.1 Å². The number of carboxylic acid groups (broad SMARTS) is 1. The zero-order valence-corrected chi connectivity index (χ0v) is 17.6. The van der Waals surface area contributed by atoms with Crippen molar-refractivity contribution in [1.82, 2.24) is 9.88 Å². The summed E-state index contributed by atoms with van der Waals surface area (Å²) >= 11 is 0. The van der Waals surface area contributed by atoms with E-state index in [0.717, 1.165) is 46.3 Å². The number of nitrogens with one attached hydrogen (secondary N) is 1. The van der Waals surface area contributed by atoms with E-state index in [0.29, 0.717) is 13.0 Å². The van der Waals surface area contributed by atoms with Crippen molar-refractivity contribution >= 4 is 16.9 Å². The number of nitrogens with zero attached hydrogens (tertiary/aromatic N) is 1. The minimum absolute atomic E-state index is 0.0932. The molecule has 1 saturated heterocycles. The predicted molar refractivity (Wildman–Crippen MR) is 118 cm³/mol. The van der Waals surface area contributed by atoms with Gasteiger partial charge in [-0.2, -0.15) is 0 Å². The first kappa shape index (κ1) is 21.0. The van der Waals surface area contributed by atoms with Gasteiger partial charge in [-0.15, -0.1) is 12.3 Å². The third-order valence-corrected chi connectivity index (χ3v) is 6.25. The molecular formula is C25H25FN2O3. The lowest BCUT2D eigenvalue weighted by Crippen LogP contribution is -2.36. The van der Waals surface area contributed by atoms with Crippen molar-refractivity contribution in [3.8, 4) is 18.1 Å². The van der Waals surface area contributed by atoms with Gasteiger partial charge in [-0.05, 0) is 55.2 Å². The van der Waals surface area contributed by atoms with E-state index in [2.05, 4.69) is 15.8 Å². The molecule has 0 aliphatic carbocycles. The molecule has 1 aliphatic heterocycles. The Morgan fingerprint density at radius 1 is 1.39 bits per heavy atom. The number of H-pyrrole nitrogens is 1. The normalized spacial score (nSPS) is 19.3. The van der Waals surface area contributed by atoms with Gasteiger partial charge in [0.15, 0.2) is 0 Å². The van der Waals surface area contributed by atoms with Crippen LogP contribution in [0.15, 0.2) is 36.5 Å². The van der Waals surface area contributed by atoms with Crippen LogP contribution in [0.3, 0.4) is 0 Å². The molecule has 1 aliphatic rings. The number of aromatic carboxylic acids is 1. The number of halogens is 1. The van der Waals surface area contributed by atoms with Crippen LogP contribution in [0.2, 0.25) is 0 Å². The molecule has 3 aromatic rings. The number of ether oxygens (including phenoxy) is 1. The summed E-state index contributed by atoms with van der Waals surface area (Å²) in [5, 5.41) is 10.3. The number of aromatic nitrogens is 1. The Balaban J connectivity index is 1.73. The van der Waals surface area contributed by atoms with Gasteiger partial charge in [0.05, 0.1) is 12.7 Å². The summed E-state index contributed by atoms with van der Waals surface area (Å²) in [5.41, 5.74) is 3.65. The van der Waals surface area contributed by atoms with Crippen LogP contribution in [0.25, 0.3) is 10.9 Å². The van der Waals surface area contributed by atoms with Crippen LogP contribution in [0.5, 0.6) is 5.75 Å². The van der Waals surface area contributed by atoms with Crippen LogP contribution in [-0.4, -0.2) is 34.6 Å². The summed E-state index contributed by atoms with van der Waals surface area (Å²) in [7, 11) is 1.67. The molecule has 2 atom stereocenters. The average Bonchev–Trinajstić information content (AvgIpc) is 3.26. The number of aromatic amines is 1. The lowest BCUT2D eigenvalue weighted by atomic mass is 9.86. The highest BCUT2D eigenvalue weighted by molar-refractivity contribution is 5.88.